The number of aliphatic hydroxyl groups excluding tert-OH is 1. The smallest absolute Gasteiger partial charge is 0.236 e. The summed E-state index contributed by atoms with van der Waals surface area (Å²) in [4.78, 5) is 7.79. The van der Waals surface area contributed by atoms with Crippen LogP contribution in [0.2, 0.25) is 0 Å². The molecule has 0 aliphatic carbocycles. The van der Waals surface area contributed by atoms with E-state index in [2.05, 4.69) is 9.88 Å². The van der Waals surface area contributed by atoms with Gasteiger partial charge in [0.2, 0.25) is 5.89 Å². The molecule has 1 aliphatic rings. The summed E-state index contributed by atoms with van der Waals surface area (Å²) in [5, 5.41) is 11.0. The molecule has 4 nitrogen and oxygen atoms in total. The van der Waals surface area contributed by atoms with Gasteiger partial charge in [-0.05, 0) is 11.4 Å². The highest BCUT2D eigenvalue weighted by Crippen LogP contribution is 2.25. The van der Waals surface area contributed by atoms with Crippen LogP contribution >= 0.6 is 11.3 Å². The van der Waals surface area contributed by atoms with Gasteiger partial charge in [-0.3, -0.25) is 4.90 Å². The number of nitrogens with zero attached hydrogens (tertiary/aromatic N) is 2. The lowest BCUT2D eigenvalue weighted by Gasteiger charge is -2.37. The number of aliphatic hydroxyl groups is 1. The lowest BCUT2D eigenvalue weighted by Crippen LogP contribution is -2.47. The molecule has 0 spiro atoms. The molecule has 5 heteroatoms. The molecule has 3 heterocycles. The normalized spacial score (nSPS) is 17.2. The Morgan fingerprint density at radius 3 is 3.12 bits per heavy atom. The van der Waals surface area contributed by atoms with Gasteiger partial charge >= 0.3 is 0 Å². The van der Waals surface area contributed by atoms with Crippen LogP contribution in [-0.4, -0.2) is 34.7 Å². The van der Waals surface area contributed by atoms with Gasteiger partial charge in [0.1, 0.15) is 6.26 Å². The van der Waals surface area contributed by atoms with E-state index in [0.717, 1.165) is 30.2 Å². The molecule has 90 valence electrons. The SMILES string of the molecule is OCC1CN(Cc2coc(-c3cccs3)n2)C1. The Hall–Kier alpha value is -1.17. The van der Waals surface area contributed by atoms with Crippen molar-refractivity contribution in [2.75, 3.05) is 19.7 Å². The zero-order chi connectivity index (χ0) is 11.7. The maximum Gasteiger partial charge on any atom is 0.236 e. The van der Waals surface area contributed by atoms with Gasteiger partial charge < -0.3 is 9.52 Å². The lowest BCUT2D eigenvalue weighted by atomic mass is 10.0. The van der Waals surface area contributed by atoms with E-state index in [4.69, 9.17) is 9.52 Å². The zero-order valence-corrected chi connectivity index (χ0v) is 10.2. The van der Waals surface area contributed by atoms with Crippen LogP contribution in [0.4, 0.5) is 0 Å². The van der Waals surface area contributed by atoms with Crippen LogP contribution in [0.5, 0.6) is 0 Å². The lowest BCUT2D eigenvalue weighted by molar-refractivity contribution is 0.0470. The Bertz CT molecular complexity index is 474. The van der Waals surface area contributed by atoms with Crippen molar-refractivity contribution in [3.63, 3.8) is 0 Å². The highest BCUT2D eigenvalue weighted by atomic mass is 32.1. The third kappa shape index (κ3) is 2.26. The third-order valence-electron chi connectivity index (χ3n) is 2.96. The van der Waals surface area contributed by atoms with E-state index in [-0.39, 0.29) is 6.61 Å². The summed E-state index contributed by atoms with van der Waals surface area (Å²) in [7, 11) is 0. The van der Waals surface area contributed by atoms with Crippen molar-refractivity contribution in [2.24, 2.45) is 5.92 Å². The number of hydrogen-bond donors (Lipinski definition) is 1. The summed E-state index contributed by atoms with van der Waals surface area (Å²) in [6.45, 7) is 3.01. The van der Waals surface area contributed by atoms with Gasteiger partial charge in [-0.1, -0.05) is 6.07 Å². The minimum atomic E-state index is 0.287. The maximum absolute atomic E-state index is 8.94. The van der Waals surface area contributed by atoms with Gasteiger partial charge in [-0.15, -0.1) is 11.3 Å². The van der Waals surface area contributed by atoms with Gasteiger partial charge in [-0.2, -0.15) is 0 Å². The van der Waals surface area contributed by atoms with Crippen molar-refractivity contribution in [1.29, 1.82) is 0 Å². The number of rotatable bonds is 4. The Kier molecular flexibility index (Phi) is 2.96. The number of aromatic nitrogens is 1. The molecule has 0 bridgehead atoms. The highest BCUT2D eigenvalue weighted by Gasteiger charge is 2.26. The molecule has 2 aromatic rings. The standard InChI is InChI=1S/C12H14N2O2S/c15-7-9-4-14(5-9)6-10-8-16-12(13-10)11-2-1-3-17-11/h1-3,8-9,15H,4-7H2. The van der Waals surface area contributed by atoms with E-state index >= 15 is 0 Å². The Balaban J connectivity index is 1.62. The summed E-state index contributed by atoms with van der Waals surface area (Å²) in [5.74, 6) is 1.15. The summed E-state index contributed by atoms with van der Waals surface area (Å²) in [6.07, 6.45) is 1.72. The van der Waals surface area contributed by atoms with Crippen LogP contribution in [-0.2, 0) is 6.54 Å². The predicted octanol–water partition coefficient (Wildman–Crippen LogP) is 1.83. The second-order valence-corrected chi connectivity index (χ2v) is 5.31. The van der Waals surface area contributed by atoms with Gasteiger partial charge in [0.05, 0.1) is 10.6 Å². The molecule has 1 saturated heterocycles. The van der Waals surface area contributed by atoms with Crippen molar-refractivity contribution in [3.05, 3.63) is 29.5 Å². The van der Waals surface area contributed by atoms with Crippen molar-refractivity contribution >= 4 is 11.3 Å². The van der Waals surface area contributed by atoms with E-state index in [1.54, 1.807) is 17.6 Å². The van der Waals surface area contributed by atoms with Crippen LogP contribution in [0.3, 0.4) is 0 Å². The van der Waals surface area contributed by atoms with Crippen LogP contribution in [0.15, 0.2) is 28.2 Å². The molecule has 0 atom stereocenters. The quantitative estimate of drug-likeness (QED) is 0.899. The third-order valence-corrected chi connectivity index (χ3v) is 3.82. The van der Waals surface area contributed by atoms with Crippen LogP contribution < -0.4 is 0 Å². The van der Waals surface area contributed by atoms with Crippen molar-refractivity contribution in [3.8, 4) is 10.8 Å². The number of thiophene rings is 1. The second kappa shape index (κ2) is 4.60. The fourth-order valence-corrected chi connectivity index (χ4v) is 2.70. The molecule has 0 saturated carbocycles. The average Bonchev–Trinajstić information content (AvgIpc) is 2.92. The molecular formula is C12H14N2O2S. The summed E-state index contributed by atoms with van der Waals surface area (Å²) >= 11 is 1.63. The molecule has 0 unspecified atom stereocenters. The van der Waals surface area contributed by atoms with Crippen LogP contribution in [0.25, 0.3) is 10.8 Å². The fourth-order valence-electron chi connectivity index (χ4n) is 2.04. The summed E-state index contributed by atoms with van der Waals surface area (Å²) in [6, 6.07) is 4.00. The average molecular weight is 250 g/mol. The summed E-state index contributed by atoms with van der Waals surface area (Å²) < 4.78 is 5.45. The van der Waals surface area contributed by atoms with E-state index in [1.165, 1.54) is 0 Å². The predicted molar refractivity (Wildman–Crippen MR) is 65.7 cm³/mol. The monoisotopic (exact) mass is 250 g/mol. The van der Waals surface area contributed by atoms with Gasteiger partial charge in [0.25, 0.3) is 0 Å². The summed E-state index contributed by atoms with van der Waals surface area (Å²) in [5.41, 5.74) is 0.963. The Morgan fingerprint density at radius 2 is 2.41 bits per heavy atom. The molecule has 1 fully saturated rings. The molecule has 3 rings (SSSR count). The van der Waals surface area contributed by atoms with E-state index in [1.807, 2.05) is 17.5 Å². The number of hydrogen-bond acceptors (Lipinski definition) is 5. The molecular weight excluding hydrogens is 236 g/mol. The second-order valence-electron chi connectivity index (χ2n) is 4.36. The molecule has 2 aromatic heterocycles. The number of oxazole rings is 1. The largest absolute Gasteiger partial charge is 0.444 e. The molecule has 0 radical (unpaired) electrons. The minimum absolute atomic E-state index is 0.287. The molecule has 1 aliphatic heterocycles. The van der Waals surface area contributed by atoms with E-state index < -0.39 is 0 Å². The van der Waals surface area contributed by atoms with Crippen LogP contribution in [0.1, 0.15) is 5.69 Å². The van der Waals surface area contributed by atoms with E-state index in [0.29, 0.717) is 11.8 Å². The van der Waals surface area contributed by atoms with Crippen molar-refractivity contribution in [1.82, 2.24) is 9.88 Å². The molecule has 0 amide bonds. The fraction of sp³-hybridized carbons (Fsp3) is 0.417. The van der Waals surface area contributed by atoms with Crippen LogP contribution in [0, 0.1) is 5.92 Å². The molecule has 17 heavy (non-hydrogen) atoms. The molecule has 1 N–H and O–H groups in total. The first-order valence-electron chi connectivity index (χ1n) is 5.66. The van der Waals surface area contributed by atoms with Gasteiger partial charge in [0.15, 0.2) is 0 Å². The first-order valence-corrected chi connectivity index (χ1v) is 6.54. The maximum atomic E-state index is 8.94. The first kappa shape index (κ1) is 11.0. The highest BCUT2D eigenvalue weighted by molar-refractivity contribution is 7.13. The number of likely N-dealkylation sites (tertiary alicyclic amines) is 1. The first-order chi connectivity index (χ1) is 8.35. The zero-order valence-electron chi connectivity index (χ0n) is 9.37. The Morgan fingerprint density at radius 1 is 1.53 bits per heavy atom. The Labute approximate surface area is 104 Å². The topological polar surface area (TPSA) is 49.5 Å². The van der Waals surface area contributed by atoms with E-state index in [9.17, 15) is 0 Å². The van der Waals surface area contributed by atoms with Crippen molar-refractivity contribution in [2.45, 2.75) is 6.54 Å². The molecule has 0 aromatic carbocycles. The van der Waals surface area contributed by atoms with Crippen molar-refractivity contribution < 1.29 is 9.52 Å². The van der Waals surface area contributed by atoms with Gasteiger partial charge in [-0.25, -0.2) is 4.98 Å². The minimum Gasteiger partial charge on any atom is -0.444 e. The van der Waals surface area contributed by atoms with Gasteiger partial charge in [0, 0.05) is 32.2 Å².